The number of nitrogens with zero attached hydrogens (tertiary/aromatic N) is 1. The summed E-state index contributed by atoms with van der Waals surface area (Å²) >= 11 is 0. The third-order valence-electron chi connectivity index (χ3n) is 4.01. The molecule has 0 radical (unpaired) electrons. The molecule has 7 heteroatoms. The summed E-state index contributed by atoms with van der Waals surface area (Å²) in [6, 6.07) is 14.6. The van der Waals surface area contributed by atoms with E-state index >= 15 is 0 Å². The van der Waals surface area contributed by atoms with Gasteiger partial charge in [-0.3, -0.25) is 4.79 Å². The zero-order valence-corrected chi connectivity index (χ0v) is 14.6. The van der Waals surface area contributed by atoms with Crippen LogP contribution in [-0.4, -0.2) is 17.6 Å². The van der Waals surface area contributed by atoms with Crippen LogP contribution >= 0.6 is 0 Å². The number of amides is 1. The fraction of sp³-hybridized carbons (Fsp3) is 0.200. The molecule has 5 nitrogen and oxygen atoms in total. The van der Waals surface area contributed by atoms with Crippen molar-refractivity contribution < 1.29 is 22.8 Å². The number of aromatic nitrogens is 1. The van der Waals surface area contributed by atoms with Crippen LogP contribution in [0, 0.1) is 11.6 Å². The lowest BCUT2D eigenvalue weighted by atomic mass is 10.0. The number of para-hydroxylation sites is 1. The van der Waals surface area contributed by atoms with Crippen LogP contribution in [0.15, 0.2) is 59.1 Å². The molecular weight excluding hydrogens is 354 g/mol. The van der Waals surface area contributed by atoms with Crippen molar-refractivity contribution in [2.45, 2.75) is 19.4 Å². The van der Waals surface area contributed by atoms with Crippen molar-refractivity contribution in [2.75, 3.05) is 6.54 Å². The van der Waals surface area contributed by atoms with Gasteiger partial charge in [-0.1, -0.05) is 48.5 Å². The molecule has 0 aliphatic carbocycles. The van der Waals surface area contributed by atoms with E-state index in [0.717, 1.165) is 17.7 Å². The van der Waals surface area contributed by atoms with Crippen molar-refractivity contribution in [1.82, 2.24) is 10.5 Å². The van der Waals surface area contributed by atoms with Crippen LogP contribution < -0.4 is 10.1 Å². The standard InChI is InChI=1S/C20H18F2N2O3/c1-13(14-6-3-2-4-7-14)11-23-20(25)18-10-15(27-24-18)12-26-19-16(21)8-5-9-17(19)22/h2-10,13H,11-12H2,1H3,(H,23,25)/t13-/m1/s1. The monoisotopic (exact) mass is 372 g/mol. The van der Waals surface area contributed by atoms with E-state index in [2.05, 4.69) is 10.5 Å². The summed E-state index contributed by atoms with van der Waals surface area (Å²) in [6.45, 7) is 2.18. The molecule has 3 aromatic rings. The average Bonchev–Trinajstić information content (AvgIpc) is 3.15. The van der Waals surface area contributed by atoms with Gasteiger partial charge < -0.3 is 14.6 Å². The van der Waals surface area contributed by atoms with Crippen molar-refractivity contribution in [2.24, 2.45) is 0 Å². The topological polar surface area (TPSA) is 64.4 Å². The minimum atomic E-state index is -0.817. The Hall–Kier alpha value is -3.22. The van der Waals surface area contributed by atoms with Gasteiger partial charge in [-0.2, -0.15) is 0 Å². The maximum absolute atomic E-state index is 13.5. The molecule has 1 heterocycles. The fourth-order valence-corrected chi connectivity index (χ4v) is 2.49. The first-order chi connectivity index (χ1) is 13.0. The molecular formula is C20H18F2N2O3. The minimum absolute atomic E-state index is 0.0721. The normalized spacial score (nSPS) is 11.8. The first-order valence-corrected chi connectivity index (χ1v) is 8.40. The number of hydrogen-bond acceptors (Lipinski definition) is 4. The van der Waals surface area contributed by atoms with Crippen LogP contribution in [0.5, 0.6) is 5.75 Å². The Morgan fingerprint density at radius 1 is 1.15 bits per heavy atom. The summed E-state index contributed by atoms with van der Waals surface area (Å²) in [5.74, 6) is -2.22. The highest BCUT2D eigenvalue weighted by atomic mass is 19.1. The van der Waals surface area contributed by atoms with Crippen molar-refractivity contribution in [3.63, 3.8) is 0 Å². The summed E-state index contributed by atoms with van der Waals surface area (Å²) in [4.78, 5) is 12.2. The van der Waals surface area contributed by atoms with Gasteiger partial charge in [-0.15, -0.1) is 0 Å². The maximum Gasteiger partial charge on any atom is 0.273 e. The molecule has 1 amide bonds. The lowest BCUT2D eigenvalue weighted by Gasteiger charge is -2.12. The Balaban J connectivity index is 1.54. The number of hydrogen-bond donors (Lipinski definition) is 1. The molecule has 3 rings (SSSR count). The second-order valence-electron chi connectivity index (χ2n) is 6.04. The zero-order valence-electron chi connectivity index (χ0n) is 14.6. The predicted octanol–water partition coefficient (Wildman–Crippen LogP) is 4.07. The number of ether oxygens (including phenoxy) is 1. The van der Waals surface area contributed by atoms with Gasteiger partial charge in [0.05, 0.1) is 0 Å². The van der Waals surface area contributed by atoms with Gasteiger partial charge in [0, 0.05) is 12.6 Å². The number of benzene rings is 2. The smallest absolute Gasteiger partial charge is 0.273 e. The highest BCUT2D eigenvalue weighted by molar-refractivity contribution is 5.92. The lowest BCUT2D eigenvalue weighted by molar-refractivity contribution is 0.0942. The van der Waals surface area contributed by atoms with Gasteiger partial charge in [0.1, 0.15) is 6.61 Å². The van der Waals surface area contributed by atoms with E-state index in [1.165, 1.54) is 12.1 Å². The van der Waals surface area contributed by atoms with Gasteiger partial charge in [0.25, 0.3) is 5.91 Å². The number of carbonyl (C=O) groups excluding carboxylic acids is 1. The van der Waals surface area contributed by atoms with E-state index < -0.39 is 23.3 Å². The third-order valence-corrected chi connectivity index (χ3v) is 4.01. The van der Waals surface area contributed by atoms with Gasteiger partial charge in [0.2, 0.25) is 0 Å². The minimum Gasteiger partial charge on any atom is -0.479 e. The molecule has 0 aliphatic rings. The number of halogens is 2. The van der Waals surface area contributed by atoms with Crippen molar-refractivity contribution in [3.05, 3.63) is 83.2 Å². The summed E-state index contributed by atoms with van der Waals surface area (Å²) in [7, 11) is 0. The van der Waals surface area contributed by atoms with Crippen LogP contribution in [0.25, 0.3) is 0 Å². The van der Waals surface area contributed by atoms with Crippen molar-refractivity contribution in [3.8, 4) is 5.75 Å². The van der Waals surface area contributed by atoms with Crippen molar-refractivity contribution >= 4 is 5.91 Å². The molecule has 1 N–H and O–H groups in total. The first kappa shape index (κ1) is 18.6. The molecule has 140 valence electrons. The molecule has 0 saturated heterocycles. The Morgan fingerprint density at radius 2 is 1.85 bits per heavy atom. The summed E-state index contributed by atoms with van der Waals surface area (Å²) in [6.07, 6.45) is 0. The Bertz CT molecular complexity index is 892. The molecule has 0 fully saturated rings. The highest BCUT2D eigenvalue weighted by Crippen LogP contribution is 2.22. The van der Waals surface area contributed by atoms with E-state index in [4.69, 9.17) is 9.26 Å². The number of rotatable bonds is 7. The van der Waals surface area contributed by atoms with E-state index in [0.29, 0.717) is 6.54 Å². The highest BCUT2D eigenvalue weighted by Gasteiger charge is 2.16. The van der Waals surface area contributed by atoms with E-state index in [1.807, 2.05) is 37.3 Å². The third kappa shape index (κ3) is 4.69. The molecule has 0 aliphatic heterocycles. The molecule has 1 atom stereocenters. The van der Waals surface area contributed by atoms with Crippen molar-refractivity contribution in [1.29, 1.82) is 0 Å². The summed E-state index contributed by atoms with van der Waals surface area (Å²) in [5.41, 5.74) is 1.18. The largest absolute Gasteiger partial charge is 0.479 e. The zero-order chi connectivity index (χ0) is 19.2. The van der Waals surface area contributed by atoms with E-state index in [1.54, 1.807) is 0 Å². The molecule has 0 unspecified atom stereocenters. The number of carbonyl (C=O) groups is 1. The van der Waals surface area contributed by atoms with Crippen LogP contribution in [-0.2, 0) is 6.61 Å². The van der Waals surface area contributed by atoms with Gasteiger partial charge >= 0.3 is 0 Å². The van der Waals surface area contributed by atoms with Crippen LogP contribution in [0.1, 0.15) is 34.7 Å². The van der Waals surface area contributed by atoms with Crippen LogP contribution in [0.4, 0.5) is 8.78 Å². The molecule has 0 bridgehead atoms. The second-order valence-corrected chi connectivity index (χ2v) is 6.04. The molecule has 1 aromatic heterocycles. The van der Waals surface area contributed by atoms with E-state index in [-0.39, 0.29) is 24.0 Å². The van der Waals surface area contributed by atoms with Gasteiger partial charge in [-0.05, 0) is 23.6 Å². The fourth-order valence-electron chi connectivity index (χ4n) is 2.49. The Labute approximate surface area is 154 Å². The lowest BCUT2D eigenvalue weighted by Crippen LogP contribution is -2.27. The second kappa shape index (κ2) is 8.44. The SMILES string of the molecule is C[C@H](CNC(=O)c1cc(COc2c(F)cccc2F)on1)c1ccccc1. The van der Waals surface area contributed by atoms with E-state index in [9.17, 15) is 13.6 Å². The van der Waals surface area contributed by atoms with Crippen LogP contribution in [0.3, 0.4) is 0 Å². The number of nitrogens with one attached hydrogen (secondary N) is 1. The van der Waals surface area contributed by atoms with Gasteiger partial charge in [-0.25, -0.2) is 8.78 Å². The molecule has 2 aromatic carbocycles. The quantitative estimate of drug-likeness (QED) is 0.679. The maximum atomic E-state index is 13.5. The molecule has 0 saturated carbocycles. The average molecular weight is 372 g/mol. The molecule has 0 spiro atoms. The summed E-state index contributed by atoms with van der Waals surface area (Å²) < 4.78 is 37.1. The first-order valence-electron chi connectivity index (χ1n) is 8.40. The summed E-state index contributed by atoms with van der Waals surface area (Å²) in [5, 5.41) is 6.45. The Morgan fingerprint density at radius 3 is 2.56 bits per heavy atom. The Kier molecular flexibility index (Phi) is 5.80. The molecule has 27 heavy (non-hydrogen) atoms. The van der Waals surface area contributed by atoms with Crippen LogP contribution in [0.2, 0.25) is 0 Å². The predicted molar refractivity (Wildman–Crippen MR) is 94.4 cm³/mol. The van der Waals surface area contributed by atoms with Gasteiger partial charge in [0.15, 0.2) is 28.8 Å².